The van der Waals surface area contributed by atoms with Crippen LogP contribution in [0.4, 0.5) is 4.79 Å². The van der Waals surface area contributed by atoms with Gasteiger partial charge in [0.25, 0.3) is 0 Å². The molecule has 2 N–H and O–H groups in total. The van der Waals surface area contributed by atoms with Gasteiger partial charge in [0.2, 0.25) is 0 Å². The Morgan fingerprint density at radius 2 is 2.00 bits per heavy atom. The highest BCUT2D eigenvalue weighted by molar-refractivity contribution is 5.91. The molecule has 2 amide bonds. The summed E-state index contributed by atoms with van der Waals surface area (Å²) in [4.78, 5) is 22.2. The van der Waals surface area contributed by atoms with Crippen molar-refractivity contribution < 1.29 is 4.79 Å². The van der Waals surface area contributed by atoms with Crippen molar-refractivity contribution in [1.82, 2.24) is 20.2 Å². The second kappa shape index (κ2) is 7.94. The van der Waals surface area contributed by atoms with Gasteiger partial charge in [-0.3, -0.25) is 0 Å². The van der Waals surface area contributed by atoms with E-state index in [0.29, 0.717) is 12.6 Å². The third-order valence-corrected chi connectivity index (χ3v) is 5.73. The van der Waals surface area contributed by atoms with Gasteiger partial charge in [-0.15, -0.1) is 0 Å². The number of carbonyl (C=O) groups excluding carboxylic acids is 1. The number of rotatable bonds is 2. The summed E-state index contributed by atoms with van der Waals surface area (Å²) in [5.74, 6) is 0. The minimum Gasteiger partial charge on any atom is -0.346 e. The van der Waals surface area contributed by atoms with Gasteiger partial charge in [-0.1, -0.05) is 38.2 Å². The topological polar surface area (TPSA) is 61.0 Å². The lowest BCUT2D eigenvalue weighted by atomic mass is 9.97. The first-order valence-corrected chi connectivity index (χ1v) is 9.98. The zero-order chi connectivity index (χ0) is 17.8. The van der Waals surface area contributed by atoms with Crippen molar-refractivity contribution in [3.63, 3.8) is 0 Å². The molecular formula is C21H28N4O. The van der Waals surface area contributed by atoms with Crippen LogP contribution in [0.2, 0.25) is 0 Å². The summed E-state index contributed by atoms with van der Waals surface area (Å²) in [5, 5.41) is 4.44. The van der Waals surface area contributed by atoms with Crippen molar-refractivity contribution in [3.05, 3.63) is 36.2 Å². The lowest BCUT2D eigenvalue weighted by molar-refractivity contribution is 0.196. The lowest BCUT2D eigenvalue weighted by Gasteiger charge is -2.29. The molecule has 3 heterocycles. The van der Waals surface area contributed by atoms with Crippen molar-refractivity contribution >= 4 is 22.6 Å². The molecule has 5 heteroatoms. The van der Waals surface area contributed by atoms with Crippen molar-refractivity contribution in [2.75, 3.05) is 13.1 Å². The van der Waals surface area contributed by atoms with Gasteiger partial charge in [0, 0.05) is 42.5 Å². The number of amides is 2. The maximum absolute atomic E-state index is 12.6. The van der Waals surface area contributed by atoms with E-state index in [9.17, 15) is 4.79 Å². The largest absolute Gasteiger partial charge is 0.346 e. The molecule has 1 fully saturated rings. The molecule has 26 heavy (non-hydrogen) atoms. The van der Waals surface area contributed by atoms with E-state index in [1.165, 1.54) is 43.2 Å². The first-order valence-electron chi connectivity index (χ1n) is 9.98. The summed E-state index contributed by atoms with van der Waals surface area (Å²) in [5.41, 5.74) is 3.44. The summed E-state index contributed by atoms with van der Waals surface area (Å²) >= 11 is 0. The fourth-order valence-electron chi connectivity index (χ4n) is 4.19. The Hall–Kier alpha value is -2.30. The zero-order valence-electron chi connectivity index (χ0n) is 15.3. The Kier molecular flexibility index (Phi) is 5.23. The number of nitrogens with zero attached hydrogens (tertiary/aromatic N) is 2. The van der Waals surface area contributed by atoms with Crippen molar-refractivity contribution in [2.24, 2.45) is 0 Å². The highest BCUT2D eigenvalue weighted by Crippen LogP contribution is 2.28. The van der Waals surface area contributed by atoms with Gasteiger partial charge in [-0.25, -0.2) is 9.78 Å². The molecule has 138 valence electrons. The molecule has 0 saturated heterocycles. The highest BCUT2D eigenvalue weighted by Gasteiger charge is 2.22. The highest BCUT2D eigenvalue weighted by atomic mass is 16.2. The molecule has 1 saturated carbocycles. The van der Waals surface area contributed by atoms with Gasteiger partial charge in [0.1, 0.15) is 5.65 Å². The van der Waals surface area contributed by atoms with Crippen LogP contribution < -0.4 is 5.32 Å². The average Bonchev–Trinajstić information content (AvgIpc) is 3.08. The van der Waals surface area contributed by atoms with Crippen LogP contribution in [0.15, 0.2) is 30.6 Å². The maximum Gasteiger partial charge on any atom is 0.317 e. The van der Waals surface area contributed by atoms with Gasteiger partial charge in [0.05, 0.1) is 0 Å². The molecule has 2 aromatic heterocycles. The standard InChI is InChI=1S/C21H28N4O/c26-21(24-17-7-4-2-1-3-5-8-17)25-13-10-16(11-14-25)19-15-23-20-18(19)9-6-12-22-20/h6,9-10,12,15,17H,1-5,7-8,11,13-14H2,(H,22,23)(H,24,26). The Morgan fingerprint density at radius 1 is 1.19 bits per heavy atom. The van der Waals surface area contributed by atoms with Crippen molar-refractivity contribution in [2.45, 2.75) is 57.4 Å². The molecule has 4 rings (SSSR count). The average molecular weight is 352 g/mol. The van der Waals surface area contributed by atoms with E-state index in [4.69, 9.17) is 0 Å². The number of hydrogen-bond donors (Lipinski definition) is 2. The second-order valence-corrected chi connectivity index (χ2v) is 7.52. The number of pyridine rings is 1. The Bertz CT molecular complexity index is 786. The zero-order valence-corrected chi connectivity index (χ0v) is 15.3. The van der Waals surface area contributed by atoms with E-state index in [2.05, 4.69) is 27.4 Å². The van der Waals surface area contributed by atoms with Crippen LogP contribution in [-0.4, -0.2) is 40.0 Å². The molecule has 0 spiro atoms. The third-order valence-electron chi connectivity index (χ3n) is 5.73. The Balaban J connectivity index is 1.38. The summed E-state index contributed by atoms with van der Waals surface area (Å²) in [6, 6.07) is 4.53. The molecule has 1 aliphatic heterocycles. The van der Waals surface area contributed by atoms with E-state index in [-0.39, 0.29) is 6.03 Å². The summed E-state index contributed by atoms with van der Waals surface area (Å²) in [6.07, 6.45) is 15.6. The fourth-order valence-corrected chi connectivity index (χ4v) is 4.19. The van der Waals surface area contributed by atoms with Crippen LogP contribution in [0.5, 0.6) is 0 Å². The minimum absolute atomic E-state index is 0.103. The van der Waals surface area contributed by atoms with Gasteiger partial charge >= 0.3 is 6.03 Å². The van der Waals surface area contributed by atoms with E-state index >= 15 is 0 Å². The SMILES string of the molecule is O=C(NC1CCCCCCC1)N1CC=C(c2c[nH]c3ncccc23)CC1. The molecule has 0 unspecified atom stereocenters. The van der Waals surface area contributed by atoms with Gasteiger partial charge in [-0.2, -0.15) is 0 Å². The molecule has 0 radical (unpaired) electrons. The quantitative estimate of drug-likeness (QED) is 0.837. The minimum atomic E-state index is 0.103. The number of carbonyl (C=O) groups is 1. The van der Waals surface area contributed by atoms with Crippen LogP contribution in [0.25, 0.3) is 16.6 Å². The molecule has 2 aromatic rings. The molecule has 0 atom stereocenters. The summed E-state index contributed by atoms with van der Waals surface area (Å²) in [7, 11) is 0. The monoisotopic (exact) mass is 352 g/mol. The number of aromatic amines is 1. The number of nitrogens with one attached hydrogen (secondary N) is 2. The van der Waals surface area contributed by atoms with Crippen molar-refractivity contribution in [3.8, 4) is 0 Å². The number of hydrogen-bond acceptors (Lipinski definition) is 2. The van der Waals surface area contributed by atoms with E-state index < -0.39 is 0 Å². The predicted octanol–water partition coefficient (Wildman–Crippen LogP) is 4.47. The molecule has 1 aliphatic carbocycles. The molecule has 0 bridgehead atoms. The number of urea groups is 1. The molecule has 5 nitrogen and oxygen atoms in total. The summed E-state index contributed by atoms with van der Waals surface area (Å²) in [6.45, 7) is 1.46. The van der Waals surface area contributed by atoms with Crippen LogP contribution >= 0.6 is 0 Å². The van der Waals surface area contributed by atoms with Gasteiger partial charge in [0.15, 0.2) is 0 Å². The van der Waals surface area contributed by atoms with Crippen molar-refractivity contribution in [1.29, 1.82) is 0 Å². The maximum atomic E-state index is 12.6. The van der Waals surface area contributed by atoms with Crippen LogP contribution in [0.3, 0.4) is 0 Å². The predicted molar refractivity (Wildman–Crippen MR) is 105 cm³/mol. The van der Waals surface area contributed by atoms with Gasteiger partial charge < -0.3 is 15.2 Å². The third kappa shape index (κ3) is 3.76. The van der Waals surface area contributed by atoms with Crippen LogP contribution in [0, 0.1) is 0 Å². The molecule has 2 aliphatic rings. The fraction of sp³-hybridized carbons (Fsp3) is 0.524. The first-order chi connectivity index (χ1) is 12.8. The normalized spacial score (nSPS) is 19.7. The first kappa shape index (κ1) is 17.1. The smallest absolute Gasteiger partial charge is 0.317 e. The lowest BCUT2D eigenvalue weighted by Crippen LogP contribution is -2.46. The Labute approximate surface area is 154 Å². The second-order valence-electron chi connectivity index (χ2n) is 7.52. The van der Waals surface area contributed by atoms with E-state index in [1.807, 2.05) is 17.2 Å². The van der Waals surface area contributed by atoms with E-state index in [1.54, 1.807) is 6.20 Å². The molecular weight excluding hydrogens is 324 g/mol. The number of fused-ring (bicyclic) bond motifs is 1. The molecule has 0 aromatic carbocycles. The Morgan fingerprint density at radius 3 is 2.77 bits per heavy atom. The number of aromatic nitrogens is 2. The van der Waals surface area contributed by atoms with Gasteiger partial charge in [-0.05, 0) is 37.0 Å². The van der Waals surface area contributed by atoms with Crippen LogP contribution in [0.1, 0.15) is 56.9 Å². The summed E-state index contributed by atoms with van der Waals surface area (Å²) < 4.78 is 0. The number of H-pyrrole nitrogens is 1. The van der Waals surface area contributed by atoms with Crippen LogP contribution in [-0.2, 0) is 0 Å². The van der Waals surface area contributed by atoms with E-state index in [0.717, 1.165) is 36.8 Å².